The molecule has 1 aromatic rings. The Hall–Kier alpha value is -1.88. The summed E-state index contributed by atoms with van der Waals surface area (Å²) in [7, 11) is 0. The molecule has 2 amide bonds. The molecule has 0 radical (unpaired) electrons. The highest BCUT2D eigenvalue weighted by Gasteiger charge is 2.26. The fourth-order valence-corrected chi connectivity index (χ4v) is 2.85. The first-order valence-electron chi connectivity index (χ1n) is 7.89. The zero-order valence-corrected chi connectivity index (χ0v) is 13.0. The van der Waals surface area contributed by atoms with Crippen molar-refractivity contribution in [2.75, 3.05) is 11.9 Å². The first-order valence-corrected chi connectivity index (χ1v) is 7.89. The van der Waals surface area contributed by atoms with Crippen LogP contribution in [0.25, 0.3) is 0 Å². The van der Waals surface area contributed by atoms with Gasteiger partial charge < -0.3 is 15.7 Å². The molecule has 2 unspecified atom stereocenters. The summed E-state index contributed by atoms with van der Waals surface area (Å²) in [6, 6.07) is 7.16. The third kappa shape index (κ3) is 4.56. The third-order valence-electron chi connectivity index (χ3n) is 4.23. The summed E-state index contributed by atoms with van der Waals surface area (Å²) in [6.07, 6.45) is 4.89. The number of aliphatic hydroxyl groups excluding tert-OH is 1. The van der Waals surface area contributed by atoms with E-state index >= 15 is 0 Å². The van der Waals surface area contributed by atoms with Gasteiger partial charge in [-0.1, -0.05) is 37.0 Å². The SMILES string of the molecule is Cc1ccc(NC(=O)C(=O)NC2CCCCCC2CO)cc1. The lowest BCUT2D eigenvalue weighted by Crippen LogP contribution is -2.45. The van der Waals surface area contributed by atoms with Gasteiger partial charge in [0.2, 0.25) is 0 Å². The summed E-state index contributed by atoms with van der Waals surface area (Å²) < 4.78 is 0. The van der Waals surface area contributed by atoms with Gasteiger partial charge in [0.15, 0.2) is 0 Å². The average molecular weight is 304 g/mol. The Morgan fingerprint density at radius 1 is 1.09 bits per heavy atom. The third-order valence-corrected chi connectivity index (χ3v) is 4.23. The minimum absolute atomic E-state index is 0.0404. The van der Waals surface area contributed by atoms with Crippen LogP contribution in [0.2, 0.25) is 0 Å². The van der Waals surface area contributed by atoms with Crippen LogP contribution in [0.4, 0.5) is 5.69 Å². The van der Waals surface area contributed by atoms with Gasteiger partial charge in [0, 0.05) is 24.3 Å². The Bertz CT molecular complexity index is 513. The molecular weight excluding hydrogens is 280 g/mol. The van der Waals surface area contributed by atoms with Crippen molar-refractivity contribution in [3.05, 3.63) is 29.8 Å². The van der Waals surface area contributed by atoms with Gasteiger partial charge in [0.1, 0.15) is 0 Å². The molecule has 1 aromatic carbocycles. The van der Waals surface area contributed by atoms with Crippen molar-refractivity contribution in [1.29, 1.82) is 0 Å². The normalized spacial score (nSPS) is 21.7. The Labute approximate surface area is 131 Å². The zero-order valence-electron chi connectivity index (χ0n) is 13.0. The smallest absolute Gasteiger partial charge is 0.313 e. The van der Waals surface area contributed by atoms with E-state index in [9.17, 15) is 14.7 Å². The Balaban J connectivity index is 1.92. The standard InChI is InChI=1S/C17H24N2O3/c1-12-7-9-14(10-8-12)18-16(21)17(22)19-15-6-4-2-3-5-13(15)11-20/h7-10,13,15,20H,2-6,11H2,1H3,(H,18,21)(H,19,22). The highest BCUT2D eigenvalue weighted by molar-refractivity contribution is 6.39. The maximum atomic E-state index is 12.1. The molecule has 1 aliphatic rings. The van der Waals surface area contributed by atoms with Gasteiger partial charge in [0.25, 0.3) is 0 Å². The topological polar surface area (TPSA) is 78.4 Å². The van der Waals surface area contributed by atoms with Crippen molar-refractivity contribution in [2.24, 2.45) is 5.92 Å². The van der Waals surface area contributed by atoms with Gasteiger partial charge in [-0.25, -0.2) is 0 Å². The molecule has 22 heavy (non-hydrogen) atoms. The van der Waals surface area contributed by atoms with Gasteiger partial charge in [-0.15, -0.1) is 0 Å². The van der Waals surface area contributed by atoms with E-state index in [4.69, 9.17) is 0 Å². The first-order chi connectivity index (χ1) is 10.6. The van der Waals surface area contributed by atoms with E-state index in [0.717, 1.165) is 37.7 Å². The highest BCUT2D eigenvalue weighted by atomic mass is 16.3. The molecule has 0 saturated heterocycles. The monoisotopic (exact) mass is 304 g/mol. The number of nitrogens with one attached hydrogen (secondary N) is 2. The number of aryl methyl sites for hydroxylation is 1. The maximum Gasteiger partial charge on any atom is 0.313 e. The van der Waals surface area contributed by atoms with Gasteiger partial charge in [-0.2, -0.15) is 0 Å². The largest absolute Gasteiger partial charge is 0.396 e. The molecule has 3 N–H and O–H groups in total. The predicted molar refractivity (Wildman–Crippen MR) is 85.4 cm³/mol. The molecule has 2 atom stereocenters. The van der Waals surface area contributed by atoms with E-state index in [2.05, 4.69) is 10.6 Å². The first kappa shape index (κ1) is 16.5. The molecule has 0 heterocycles. The number of amides is 2. The quantitative estimate of drug-likeness (QED) is 0.590. The number of hydrogen-bond donors (Lipinski definition) is 3. The minimum atomic E-state index is -0.662. The second-order valence-corrected chi connectivity index (χ2v) is 5.98. The number of carbonyl (C=O) groups is 2. The molecule has 0 aromatic heterocycles. The Kier molecular flexibility index (Phi) is 5.95. The van der Waals surface area contributed by atoms with Gasteiger partial charge in [0.05, 0.1) is 0 Å². The molecule has 5 nitrogen and oxygen atoms in total. The lowest BCUT2D eigenvalue weighted by molar-refractivity contribution is -0.137. The van der Waals surface area contributed by atoms with E-state index in [-0.39, 0.29) is 18.6 Å². The van der Waals surface area contributed by atoms with Crippen LogP contribution in [0.5, 0.6) is 0 Å². The zero-order chi connectivity index (χ0) is 15.9. The van der Waals surface area contributed by atoms with E-state index in [1.807, 2.05) is 19.1 Å². The molecular formula is C17H24N2O3. The van der Waals surface area contributed by atoms with Crippen LogP contribution >= 0.6 is 0 Å². The molecule has 1 saturated carbocycles. The second-order valence-electron chi connectivity index (χ2n) is 5.98. The van der Waals surface area contributed by atoms with E-state index in [1.165, 1.54) is 0 Å². The molecule has 0 spiro atoms. The molecule has 120 valence electrons. The van der Waals surface area contributed by atoms with Crippen LogP contribution in [-0.2, 0) is 9.59 Å². The van der Waals surface area contributed by atoms with Crippen LogP contribution in [0.3, 0.4) is 0 Å². The van der Waals surface area contributed by atoms with Gasteiger partial charge >= 0.3 is 11.8 Å². The van der Waals surface area contributed by atoms with Crippen molar-refractivity contribution >= 4 is 17.5 Å². The maximum absolute atomic E-state index is 12.1. The lowest BCUT2D eigenvalue weighted by Gasteiger charge is -2.24. The number of anilines is 1. The summed E-state index contributed by atoms with van der Waals surface area (Å²) >= 11 is 0. The Morgan fingerprint density at radius 3 is 2.45 bits per heavy atom. The van der Waals surface area contributed by atoms with Crippen LogP contribution in [0.15, 0.2) is 24.3 Å². The lowest BCUT2D eigenvalue weighted by atomic mass is 9.95. The molecule has 0 bridgehead atoms. The molecule has 1 aliphatic carbocycles. The van der Waals surface area contributed by atoms with Gasteiger partial charge in [-0.3, -0.25) is 9.59 Å². The Morgan fingerprint density at radius 2 is 1.77 bits per heavy atom. The summed E-state index contributed by atoms with van der Waals surface area (Å²) in [5, 5.41) is 14.8. The van der Waals surface area contributed by atoms with Crippen molar-refractivity contribution in [3.63, 3.8) is 0 Å². The van der Waals surface area contributed by atoms with Crippen molar-refractivity contribution in [2.45, 2.75) is 45.1 Å². The highest BCUT2D eigenvalue weighted by Crippen LogP contribution is 2.23. The van der Waals surface area contributed by atoms with E-state index in [0.29, 0.717) is 5.69 Å². The van der Waals surface area contributed by atoms with Gasteiger partial charge in [-0.05, 0) is 31.9 Å². The second kappa shape index (κ2) is 7.94. The molecule has 5 heteroatoms. The summed E-state index contributed by atoms with van der Waals surface area (Å²) in [5.74, 6) is -1.26. The fraction of sp³-hybridized carbons (Fsp3) is 0.529. The number of aliphatic hydroxyl groups is 1. The predicted octanol–water partition coefficient (Wildman–Crippen LogP) is 1.99. The summed E-state index contributed by atoms with van der Waals surface area (Å²) in [6.45, 7) is 2.00. The van der Waals surface area contributed by atoms with E-state index in [1.54, 1.807) is 12.1 Å². The van der Waals surface area contributed by atoms with Crippen LogP contribution in [0.1, 0.15) is 37.7 Å². The van der Waals surface area contributed by atoms with Crippen molar-refractivity contribution < 1.29 is 14.7 Å². The van der Waals surface area contributed by atoms with Crippen LogP contribution < -0.4 is 10.6 Å². The summed E-state index contributed by atoms with van der Waals surface area (Å²) in [4.78, 5) is 24.0. The molecule has 1 fully saturated rings. The minimum Gasteiger partial charge on any atom is -0.396 e. The fourth-order valence-electron chi connectivity index (χ4n) is 2.85. The number of rotatable bonds is 3. The number of benzene rings is 1. The average Bonchev–Trinajstić information content (AvgIpc) is 2.74. The molecule has 2 rings (SSSR count). The van der Waals surface area contributed by atoms with E-state index < -0.39 is 11.8 Å². The van der Waals surface area contributed by atoms with Crippen molar-refractivity contribution in [1.82, 2.24) is 5.32 Å². The van der Waals surface area contributed by atoms with Crippen LogP contribution in [-0.4, -0.2) is 29.6 Å². The summed E-state index contributed by atoms with van der Waals surface area (Å²) in [5.41, 5.74) is 1.69. The van der Waals surface area contributed by atoms with Crippen molar-refractivity contribution in [3.8, 4) is 0 Å². The van der Waals surface area contributed by atoms with Crippen LogP contribution in [0, 0.1) is 12.8 Å². The number of hydrogen-bond acceptors (Lipinski definition) is 3. The number of carbonyl (C=O) groups excluding carboxylic acids is 2. The molecule has 0 aliphatic heterocycles.